The summed E-state index contributed by atoms with van der Waals surface area (Å²) in [6.45, 7) is 7.68. The quantitative estimate of drug-likeness (QED) is 0.776. The van der Waals surface area contributed by atoms with Gasteiger partial charge in [-0.1, -0.05) is 0 Å². The first-order valence-electron chi connectivity index (χ1n) is 7.32. The second kappa shape index (κ2) is 7.25. The van der Waals surface area contributed by atoms with E-state index in [9.17, 15) is 10.1 Å². The maximum atomic E-state index is 11.9. The summed E-state index contributed by atoms with van der Waals surface area (Å²) < 4.78 is 10.6. The number of rotatable bonds is 5. The van der Waals surface area contributed by atoms with Crippen molar-refractivity contribution in [3.63, 3.8) is 0 Å². The lowest BCUT2D eigenvalue weighted by molar-refractivity contribution is 0.0531. The van der Waals surface area contributed by atoms with Gasteiger partial charge in [-0.15, -0.1) is 11.3 Å². The number of aryl methyl sites for hydroxylation is 1. The van der Waals surface area contributed by atoms with Gasteiger partial charge in [-0.2, -0.15) is 5.26 Å². The van der Waals surface area contributed by atoms with E-state index in [0.29, 0.717) is 33.5 Å². The van der Waals surface area contributed by atoms with Gasteiger partial charge in [-0.25, -0.2) is 9.78 Å². The number of hydrogen-bond acceptors (Lipinski definition) is 6. The molecule has 0 fully saturated rings. The fourth-order valence-electron chi connectivity index (χ4n) is 2.01. The van der Waals surface area contributed by atoms with Crippen LogP contribution in [0.1, 0.15) is 41.7 Å². The second-order valence-corrected chi connectivity index (χ2v) is 6.14. The largest absolute Gasteiger partial charge is 0.490 e. The lowest BCUT2D eigenvalue weighted by Crippen LogP contribution is -2.06. The van der Waals surface area contributed by atoms with E-state index in [-0.39, 0.29) is 12.1 Å². The molecule has 1 heterocycles. The SMILES string of the molecule is CCOC(=O)c1sc(-c2ccc(OC(C)C)c(C#N)c2)nc1C. The van der Waals surface area contributed by atoms with E-state index in [0.717, 1.165) is 5.56 Å². The van der Waals surface area contributed by atoms with Crippen LogP contribution in [0.25, 0.3) is 10.6 Å². The van der Waals surface area contributed by atoms with Crippen LogP contribution >= 0.6 is 11.3 Å². The van der Waals surface area contributed by atoms with Crippen LogP contribution in [-0.2, 0) is 4.74 Å². The first-order chi connectivity index (χ1) is 11.0. The van der Waals surface area contributed by atoms with Crippen molar-refractivity contribution in [3.8, 4) is 22.4 Å². The molecule has 0 bridgehead atoms. The molecule has 0 aliphatic heterocycles. The highest BCUT2D eigenvalue weighted by atomic mass is 32.1. The van der Waals surface area contributed by atoms with Crippen LogP contribution in [-0.4, -0.2) is 23.7 Å². The van der Waals surface area contributed by atoms with Gasteiger partial charge in [-0.3, -0.25) is 0 Å². The molecule has 1 aromatic carbocycles. The number of carbonyl (C=O) groups excluding carboxylic acids is 1. The van der Waals surface area contributed by atoms with Gasteiger partial charge >= 0.3 is 5.97 Å². The molecule has 0 atom stereocenters. The van der Waals surface area contributed by atoms with Crippen molar-refractivity contribution < 1.29 is 14.3 Å². The van der Waals surface area contributed by atoms with Crippen molar-refractivity contribution >= 4 is 17.3 Å². The lowest BCUT2D eigenvalue weighted by Gasteiger charge is -2.11. The Hall–Kier alpha value is -2.39. The van der Waals surface area contributed by atoms with Crippen molar-refractivity contribution in [2.24, 2.45) is 0 Å². The zero-order valence-electron chi connectivity index (χ0n) is 13.5. The van der Waals surface area contributed by atoms with Crippen LogP contribution in [0.3, 0.4) is 0 Å². The minimum atomic E-state index is -0.367. The normalized spacial score (nSPS) is 10.4. The van der Waals surface area contributed by atoms with Crippen LogP contribution in [0.15, 0.2) is 18.2 Å². The first-order valence-corrected chi connectivity index (χ1v) is 8.13. The molecular formula is C17H18N2O3S. The highest BCUT2D eigenvalue weighted by Gasteiger charge is 2.18. The molecule has 6 heteroatoms. The molecule has 120 valence electrons. The van der Waals surface area contributed by atoms with E-state index in [1.807, 2.05) is 19.9 Å². The molecule has 1 aromatic heterocycles. The van der Waals surface area contributed by atoms with Gasteiger partial charge in [0.05, 0.1) is 24.0 Å². The zero-order valence-corrected chi connectivity index (χ0v) is 14.4. The summed E-state index contributed by atoms with van der Waals surface area (Å²) in [6.07, 6.45) is -0.00882. The van der Waals surface area contributed by atoms with E-state index in [2.05, 4.69) is 11.1 Å². The van der Waals surface area contributed by atoms with Gasteiger partial charge < -0.3 is 9.47 Å². The summed E-state index contributed by atoms with van der Waals surface area (Å²) in [5.41, 5.74) is 1.85. The molecule has 23 heavy (non-hydrogen) atoms. The minimum absolute atomic E-state index is 0.00882. The Kier molecular flexibility index (Phi) is 5.35. The fourth-order valence-corrected chi connectivity index (χ4v) is 2.97. The van der Waals surface area contributed by atoms with Crippen LogP contribution in [0, 0.1) is 18.3 Å². The van der Waals surface area contributed by atoms with Gasteiger partial charge in [-0.05, 0) is 45.9 Å². The summed E-state index contributed by atoms with van der Waals surface area (Å²) in [5, 5.41) is 9.98. The summed E-state index contributed by atoms with van der Waals surface area (Å²) in [7, 11) is 0. The highest BCUT2D eigenvalue weighted by molar-refractivity contribution is 7.17. The number of esters is 1. The number of benzene rings is 1. The first kappa shape index (κ1) is 17.0. The standard InChI is InChI=1S/C17H18N2O3S/c1-5-21-17(20)15-11(4)19-16(23-15)12-6-7-14(22-10(2)3)13(8-12)9-18/h6-8,10H,5H2,1-4H3. The monoisotopic (exact) mass is 330 g/mol. The van der Waals surface area contributed by atoms with Crippen LogP contribution in [0.5, 0.6) is 5.75 Å². The number of nitriles is 1. The molecule has 0 amide bonds. The molecule has 0 aliphatic carbocycles. The third-order valence-electron chi connectivity index (χ3n) is 2.97. The minimum Gasteiger partial charge on any atom is -0.490 e. The van der Waals surface area contributed by atoms with Crippen LogP contribution < -0.4 is 4.74 Å². The second-order valence-electron chi connectivity index (χ2n) is 5.14. The van der Waals surface area contributed by atoms with Crippen molar-refractivity contribution in [1.82, 2.24) is 4.98 Å². The van der Waals surface area contributed by atoms with Crippen molar-refractivity contribution in [3.05, 3.63) is 34.3 Å². The molecular weight excluding hydrogens is 312 g/mol. The molecule has 2 rings (SSSR count). The van der Waals surface area contributed by atoms with Gasteiger partial charge in [0, 0.05) is 5.56 Å². The predicted octanol–water partition coefficient (Wildman–Crippen LogP) is 3.95. The van der Waals surface area contributed by atoms with Crippen molar-refractivity contribution in [2.75, 3.05) is 6.61 Å². The number of thiazole rings is 1. The van der Waals surface area contributed by atoms with Gasteiger partial charge in [0.25, 0.3) is 0 Å². The van der Waals surface area contributed by atoms with E-state index < -0.39 is 0 Å². The van der Waals surface area contributed by atoms with E-state index in [4.69, 9.17) is 9.47 Å². The molecule has 0 N–H and O–H groups in total. The third-order valence-corrected chi connectivity index (χ3v) is 4.15. The Labute approximate surface area is 139 Å². The highest BCUT2D eigenvalue weighted by Crippen LogP contribution is 2.31. The number of nitrogens with zero attached hydrogens (tertiary/aromatic N) is 2. The average Bonchev–Trinajstić information content (AvgIpc) is 2.89. The molecule has 0 saturated carbocycles. The average molecular weight is 330 g/mol. The molecule has 2 aromatic rings. The Balaban J connectivity index is 2.38. The molecule has 0 spiro atoms. The molecule has 0 unspecified atom stereocenters. The fraction of sp³-hybridized carbons (Fsp3) is 0.353. The summed E-state index contributed by atoms with van der Waals surface area (Å²) in [5.74, 6) is 0.180. The summed E-state index contributed by atoms with van der Waals surface area (Å²) in [6, 6.07) is 7.46. The number of aromatic nitrogens is 1. The topological polar surface area (TPSA) is 72.2 Å². The molecule has 5 nitrogen and oxygen atoms in total. The van der Waals surface area contributed by atoms with Crippen LogP contribution in [0.4, 0.5) is 0 Å². The maximum Gasteiger partial charge on any atom is 0.350 e. The number of carbonyl (C=O) groups is 1. The number of hydrogen-bond donors (Lipinski definition) is 0. The summed E-state index contributed by atoms with van der Waals surface area (Å²) >= 11 is 1.26. The molecule has 0 saturated heterocycles. The predicted molar refractivity (Wildman–Crippen MR) is 88.7 cm³/mol. The third kappa shape index (κ3) is 3.88. The Morgan fingerprint density at radius 3 is 2.78 bits per heavy atom. The molecule has 0 aliphatic rings. The zero-order chi connectivity index (χ0) is 17.0. The Morgan fingerprint density at radius 1 is 1.43 bits per heavy atom. The maximum absolute atomic E-state index is 11.9. The van der Waals surface area contributed by atoms with Crippen molar-refractivity contribution in [2.45, 2.75) is 33.8 Å². The lowest BCUT2D eigenvalue weighted by atomic mass is 10.1. The Bertz CT molecular complexity index is 760. The number of ether oxygens (including phenoxy) is 2. The van der Waals surface area contributed by atoms with E-state index in [1.165, 1.54) is 11.3 Å². The van der Waals surface area contributed by atoms with Gasteiger partial charge in [0.15, 0.2) is 0 Å². The summed E-state index contributed by atoms with van der Waals surface area (Å²) in [4.78, 5) is 16.8. The molecule has 0 radical (unpaired) electrons. The van der Waals surface area contributed by atoms with Crippen molar-refractivity contribution in [1.29, 1.82) is 5.26 Å². The van der Waals surface area contributed by atoms with E-state index in [1.54, 1.807) is 26.0 Å². The van der Waals surface area contributed by atoms with Gasteiger partial charge in [0.2, 0.25) is 0 Å². The van der Waals surface area contributed by atoms with E-state index >= 15 is 0 Å². The van der Waals surface area contributed by atoms with Crippen LogP contribution in [0.2, 0.25) is 0 Å². The van der Waals surface area contributed by atoms with Gasteiger partial charge in [0.1, 0.15) is 21.7 Å². The smallest absolute Gasteiger partial charge is 0.350 e. The Morgan fingerprint density at radius 2 is 2.17 bits per heavy atom.